The van der Waals surface area contributed by atoms with Gasteiger partial charge in [-0.25, -0.2) is 15.0 Å². The van der Waals surface area contributed by atoms with Crippen molar-refractivity contribution in [3.05, 3.63) is 24.0 Å². The average molecular weight is 256 g/mol. The summed E-state index contributed by atoms with van der Waals surface area (Å²) in [6, 6.07) is 0. The summed E-state index contributed by atoms with van der Waals surface area (Å²) in [6.07, 6.45) is 5.54. The highest BCUT2D eigenvalue weighted by Gasteiger charge is 2.29. The van der Waals surface area contributed by atoms with Crippen molar-refractivity contribution in [1.29, 1.82) is 0 Å². The number of nitrogens with one attached hydrogen (secondary N) is 1. The SMILES string of the molecule is Nc1ncnc2c1ncn2Cc1n[nH]nc1C1CC1. The van der Waals surface area contributed by atoms with Gasteiger partial charge in [-0.15, -0.1) is 0 Å². The van der Waals surface area contributed by atoms with Gasteiger partial charge < -0.3 is 10.3 Å². The highest BCUT2D eigenvalue weighted by molar-refractivity contribution is 5.81. The molecule has 1 saturated carbocycles. The molecule has 0 amide bonds. The minimum atomic E-state index is 0.395. The molecule has 8 nitrogen and oxygen atoms in total. The van der Waals surface area contributed by atoms with Crippen molar-refractivity contribution in [2.24, 2.45) is 0 Å². The lowest BCUT2D eigenvalue weighted by Gasteiger charge is -2.02. The second kappa shape index (κ2) is 3.74. The number of aromatic nitrogens is 7. The number of nitrogens with two attached hydrogens (primary N) is 1. The second-order valence-corrected chi connectivity index (χ2v) is 4.73. The van der Waals surface area contributed by atoms with E-state index in [9.17, 15) is 0 Å². The maximum atomic E-state index is 5.77. The van der Waals surface area contributed by atoms with Crippen LogP contribution < -0.4 is 5.73 Å². The zero-order chi connectivity index (χ0) is 12.8. The molecule has 8 heteroatoms. The molecule has 19 heavy (non-hydrogen) atoms. The Bertz CT molecular complexity index is 738. The zero-order valence-corrected chi connectivity index (χ0v) is 10.1. The van der Waals surface area contributed by atoms with Crippen LogP contribution in [0.1, 0.15) is 30.1 Å². The minimum absolute atomic E-state index is 0.395. The van der Waals surface area contributed by atoms with Gasteiger partial charge >= 0.3 is 0 Å². The number of hydrogen-bond acceptors (Lipinski definition) is 6. The molecule has 0 aromatic carbocycles. The Labute approximate surface area is 108 Å². The topological polar surface area (TPSA) is 111 Å². The molecule has 3 aromatic heterocycles. The average Bonchev–Trinajstić information content (AvgIpc) is 3.01. The number of aromatic amines is 1. The molecule has 4 rings (SSSR count). The highest BCUT2D eigenvalue weighted by Crippen LogP contribution is 2.40. The molecule has 0 spiro atoms. The maximum Gasteiger partial charge on any atom is 0.165 e. The van der Waals surface area contributed by atoms with E-state index in [4.69, 9.17) is 5.73 Å². The van der Waals surface area contributed by atoms with E-state index in [0.29, 0.717) is 23.8 Å². The fourth-order valence-electron chi connectivity index (χ4n) is 2.24. The number of fused-ring (bicyclic) bond motifs is 1. The summed E-state index contributed by atoms with van der Waals surface area (Å²) in [4.78, 5) is 12.4. The Morgan fingerprint density at radius 2 is 2.16 bits per heavy atom. The molecule has 0 bridgehead atoms. The van der Waals surface area contributed by atoms with E-state index >= 15 is 0 Å². The Hall–Kier alpha value is -2.51. The van der Waals surface area contributed by atoms with Crippen LogP contribution in [0.15, 0.2) is 12.7 Å². The van der Waals surface area contributed by atoms with Crippen molar-refractivity contribution in [2.75, 3.05) is 5.73 Å². The number of hydrogen-bond donors (Lipinski definition) is 2. The molecule has 1 aliphatic rings. The van der Waals surface area contributed by atoms with Crippen LogP contribution in [-0.4, -0.2) is 34.9 Å². The summed E-state index contributed by atoms with van der Waals surface area (Å²) < 4.78 is 1.91. The van der Waals surface area contributed by atoms with Crippen LogP contribution in [0.2, 0.25) is 0 Å². The van der Waals surface area contributed by atoms with Gasteiger partial charge in [0.05, 0.1) is 18.6 Å². The quantitative estimate of drug-likeness (QED) is 0.703. The lowest BCUT2D eigenvalue weighted by Crippen LogP contribution is -2.03. The van der Waals surface area contributed by atoms with Gasteiger partial charge in [0, 0.05) is 5.92 Å². The van der Waals surface area contributed by atoms with Gasteiger partial charge in [-0.3, -0.25) is 0 Å². The third kappa shape index (κ3) is 1.64. The predicted octanol–water partition coefficient (Wildman–Crippen LogP) is 0.452. The van der Waals surface area contributed by atoms with Crippen LogP contribution in [0, 0.1) is 0 Å². The van der Waals surface area contributed by atoms with E-state index in [-0.39, 0.29) is 0 Å². The molecular weight excluding hydrogens is 244 g/mol. The number of rotatable bonds is 3. The van der Waals surface area contributed by atoms with Crippen LogP contribution in [0.3, 0.4) is 0 Å². The first kappa shape index (κ1) is 10.4. The van der Waals surface area contributed by atoms with Gasteiger partial charge in [-0.1, -0.05) is 0 Å². The van der Waals surface area contributed by atoms with E-state index < -0.39 is 0 Å². The molecule has 0 saturated heterocycles. The lowest BCUT2D eigenvalue weighted by atomic mass is 10.2. The number of nitrogen functional groups attached to an aromatic ring is 1. The molecule has 1 fully saturated rings. The van der Waals surface area contributed by atoms with Gasteiger partial charge in [-0.2, -0.15) is 15.4 Å². The highest BCUT2D eigenvalue weighted by atomic mass is 15.3. The summed E-state index contributed by atoms with van der Waals surface area (Å²) in [7, 11) is 0. The fourth-order valence-corrected chi connectivity index (χ4v) is 2.24. The Balaban J connectivity index is 1.75. The summed E-state index contributed by atoms with van der Waals surface area (Å²) in [5.74, 6) is 0.953. The lowest BCUT2D eigenvalue weighted by molar-refractivity contribution is 0.771. The first-order valence-corrected chi connectivity index (χ1v) is 6.14. The minimum Gasteiger partial charge on any atom is -0.382 e. The maximum absolute atomic E-state index is 5.77. The Morgan fingerprint density at radius 1 is 1.26 bits per heavy atom. The van der Waals surface area contributed by atoms with Gasteiger partial charge in [-0.05, 0) is 12.8 Å². The largest absolute Gasteiger partial charge is 0.382 e. The molecule has 1 aliphatic carbocycles. The molecule has 0 unspecified atom stereocenters. The van der Waals surface area contributed by atoms with E-state index in [0.717, 1.165) is 17.0 Å². The normalized spacial score (nSPS) is 15.2. The fraction of sp³-hybridized carbons (Fsp3) is 0.364. The van der Waals surface area contributed by atoms with Crippen molar-refractivity contribution in [1.82, 2.24) is 34.9 Å². The van der Waals surface area contributed by atoms with Gasteiger partial charge in [0.25, 0.3) is 0 Å². The third-order valence-corrected chi connectivity index (χ3v) is 3.36. The monoisotopic (exact) mass is 256 g/mol. The van der Waals surface area contributed by atoms with Crippen LogP contribution in [0.4, 0.5) is 5.82 Å². The van der Waals surface area contributed by atoms with Crippen LogP contribution in [0.25, 0.3) is 11.2 Å². The summed E-state index contributed by atoms with van der Waals surface area (Å²) in [5, 5.41) is 11.2. The molecule has 0 radical (unpaired) electrons. The van der Waals surface area contributed by atoms with Crippen molar-refractivity contribution in [3.8, 4) is 0 Å². The molecule has 0 atom stereocenters. The zero-order valence-electron chi connectivity index (χ0n) is 10.1. The third-order valence-electron chi connectivity index (χ3n) is 3.36. The molecule has 0 aliphatic heterocycles. The van der Waals surface area contributed by atoms with Gasteiger partial charge in [0.1, 0.15) is 17.5 Å². The second-order valence-electron chi connectivity index (χ2n) is 4.73. The van der Waals surface area contributed by atoms with Crippen LogP contribution in [0.5, 0.6) is 0 Å². The smallest absolute Gasteiger partial charge is 0.165 e. The number of nitrogens with zero attached hydrogens (tertiary/aromatic N) is 6. The van der Waals surface area contributed by atoms with E-state index in [1.807, 2.05) is 4.57 Å². The number of imidazole rings is 1. The summed E-state index contributed by atoms with van der Waals surface area (Å²) in [6.45, 7) is 0.593. The van der Waals surface area contributed by atoms with E-state index in [2.05, 4.69) is 30.4 Å². The van der Waals surface area contributed by atoms with Crippen molar-refractivity contribution in [3.63, 3.8) is 0 Å². The van der Waals surface area contributed by atoms with Crippen LogP contribution in [-0.2, 0) is 6.54 Å². The standard InChI is InChI=1S/C11H12N8/c12-10-9-11(14-4-13-10)19(5-15-9)3-7-8(6-1-2-6)17-18-16-7/h4-6H,1-3H2,(H2,12,13,14)(H,16,17,18). The molecular formula is C11H12N8. The molecule has 3 aromatic rings. The molecule has 96 valence electrons. The van der Waals surface area contributed by atoms with Gasteiger partial charge in [0.2, 0.25) is 0 Å². The van der Waals surface area contributed by atoms with Crippen molar-refractivity contribution in [2.45, 2.75) is 25.3 Å². The van der Waals surface area contributed by atoms with E-state index in [1.54, 1.807) is 6.33 Å². The van der Waals surface area contributed by atoms with E-state index in [1.165, 1.54) is 19.2 Å². The number of anilines is 1. The first-order valence-electron chi connectivity index (χ1n) is 6.14. The Morgan fingerprint density at radius 3 is 3.00 bits per heavy atom. The first-order chi connectivity index (χ1) is 9.33. The van der Waals surface area contributed by atoms with Crippen LogP contribution >= 0.6 is 0 Å². The molecule has 3 N–H and O–H groups in total. The predicted molar refractivity (Wildman–Crippen MR) is 67.2 cm³/mol. The van der Waals surface area contributed by atoms with Gasteiger partial charge in [0.15, 0.2) is 11.5 Å². The number of H-pyrrole nitrogens is 1. The van der Waals surface area contributed by atoms with Crippen molar-refractivity contribution < 1.29 is 0 Å². The molecule has 3 heterocycles. The van der Waals surface area contributed by atoms with Crippen molar-refractivity contribution >= 4 is 17.0 Å². The summed E-state index contributed by atoms with van der Waals surface area (Å²) in [5.41, 5.74) is 9.12. The summed E-state index contributed by atoms with van der Waals surface area (Å²) >= 11 is 0. The Kier molecular flexibility index (Phi) is 2.05.